The molecule has 3 aromatic rings. The Morgan fingerprint density at radius 1 is 1.10 bits per heavy atom. The van der Waals surface area contributed by atoms with Crippen molar-refractivity contribution in [2.45, 2.75) is 38.8 Å². The molecule has 1 saturated heterocycles. The third-order valence-corrected chi connectivity index (χ3v) is 6.10. The van der Waals surface area contributed by atoms with E-state index in [1.807, 2.05) is 43.7 Å². The van der Waals surface area contributed by atoms with Crippen molar-refractivity contribution >= 4 is 11.9 Å². The maximum atomic E-state index is 13.3. The summed E-state index contributed by atoms with van der Waals surface area (Å²) in [5, 5.41) is 0. The average Bonchev–Trinajstić information content (AvgIpc) is 3.26. The molecule has 0 aromatic carbocycles. The van der Waals surface area contributed by atoms with Crippen molar-refractivity contribution in [2.24, 2.45) is 5.92 Å². The first kappa shape index (κ1) is 19.7. The lowest BCUT2D eigenvalue weighted by Crippen LogP contribution is -2.28. The van der Waals surface area contributed by atoms with Gasteiger partial charge in [0.25, 0.3) is 5.91 Å². The molecule has 3 aromatic heterocycles. The van der Waals surface area contributed by atoms with E-state index in [1.54, 1.807) is 11.1 Å². The van der Waals surface area contributed by atoms with E-state index in [1.165, 1.54) is 25.7 Å². The smallest absolute Gasteiger partial charge is 0.270 e. The summed E-state index contributed by atoms with van der Waals surface area (Å²) in [7, 11) is 1.83. The predicted molar refractivity (Wildman–Crippen MR) is 120 cm³/mol. The molecular weight excluding hydrogens is 388 g/mol. The summed E-state index contributed by atoms with van der Waals surface area (Å²) in [6, 6.07) is 7.75. The molecule has 1 amide bonds. The van der Waals surface area contributed by atoms with Crippen LogP contribution >= 0.6 is 0 Å². The van der Waals surface area contributed by atoms with Crippen molar-refractivity contribution in [1.82, 2.24) is 24.4 Å². The largest absolute Gasteiger partial charge is 0.343 e. The Hall–Kier alpha value is -3.22. The van der Waals surface area contributed by atoms with Crippen molar-refractivity contribution < 1.29 is 4.79 Å². The van der Waals surface area contributed by atoms with Crippen LogP contribution in [0.5, 0.6) is 0 Å². The van der Waals surface area contributed by atoms with Gasteiger partial charge in [0.2, 0.25) is 5.95 Å². The van der Waals surface area contributed by atoms with Crippen molar-refractivity contribution in [3.05, 3.63) is 60.4 Å². The molecule has 2 fully saturated rings. The van der Waals surface area contributed by atoms with Crippen molar-refractivity contribution in [1.29, 1.82) is 0 Å². The molecule has 1 saturated carbocycles. The fourth-order valence-electron chi connectivity index (χ4n) is 4.13. The molecule has 0 radical (unpaired) electrons. The quantitative estimate of drug-likeness (QED) is 0.588. The molecular formula is C24H28N6O. The van der Waals surface area contributed by atoms with Gasteiger partial charge in [-0.15, -0.1) is 0 Å². The molecule has 0 atom stereocenters. The van der Waals surface area contributed by atoms with Crippen molar-refractivity contribution in [2.75, 3.05) is 25.0 Å². The Morgan fingerprint density at radius 3 is 2.55 bits per heavy atom. The van der Waals surface area contributed by atoms with Crippen LogP contribution < -0.4 is 4.90 Å². The van der Waals surface area contributed by atoms with Crippen LogP contribution in [0.15, 0.2) is 49.1 Å². The Morgan fingerprint density at radius 2 is 1.87 bits per heavy atom. The van der Waals surface area contributed by atoms with E-state index >= 15 is 0 Å². The number of pyridine rings is 1. The highest BCUT2D eigenvalue weighted by Gasteiger charge is 2.26. The highest BCUT2D eigenvalue weighted by Crippen LogP contribution is 2.33. The van der Waals surface area contributed by atoms with E-state index in [4.69, 9.17) is 0 Å². The number of hydrogen-bond donors (Lipinski definition) is 0. The zero-order valence-electron chi connectivity index (χ0n) is 17.9. The third-order valence-electron chi connectivity index (χ3n) is 6.10. The summed E-state index contributed by atoms with van der Waals surface area (Å²) in [5.41, 5.74) is 3.52. The van der Waals surface area contributed by atoms with Crippen LogP contribution in [0.4, 0.5) is 5.95 Å². The van der Waals surface area contributed by atoms with Gasteiger partial charge in [-0.3, -0.25) is 9.78 Å². The Balaban J connectivity index is 1.38. The molecule has 0 unspecified atom stereocenters. The molecule has 7 heteroatoms. The first-order valence-corrected chi connectivity index (χ1v) is 11.1. The molecule has 0 bridgehead atoms. The van der Waals surface area contributed by atoms with Crippen molar-refractivity contribution in [3.8, 4) is 11.1 Å². The van der Waals surface area contributed by atoms with Gasteiger partial charge >= 0.3 is 0 Å². The molecule has 1 aliphatic carbocycles. The molecule has 0 spiro atoms. The lowest BCUT2D eigenvalue weighted by molar-refractivity contribution is 0.0772. The van der Waals surface area contributed by atoms with Crippen LogP contribution in [-0.2, 0) is 13.1 Å². The van der Waals surface area contributed by atoms with Gasteiger partial charge in [0.1, 0.15) is 5.69 Å². The zero-order chi connectivity index (χ0) is 21.2. The summed E-state index contributed by atoms with van der Waals surface area (Å²) in [6.07, 6.45) is 12.5. The molecule has 4 heterocycles. The van der Waals surface area contributed by atoms with Gasteiger partial charge in [-0.1, -0.05) is 6.07 Å². The number of amides is 1. The Kier molecular flexibility index (Phi) is 5.40. The first-order chi connectivity index (χ1) is 15.2. The zero-order valence-corrected chi connectivity index (χ0v) is 17.9. The Bertz CT molecular complexity index is 1040. The van der Waals surface area contributed by atoms with Gasteiger partial charge in [-0.25, -0.2) is 9.97 Å². The summed E-state index contributed by atoms with van der Waals surface area (Å²) in [6.45, 7) is 3.42. The highest BCUT2D eigenvalue weighted by atomic mass is 16.2. The second-order valence-corrected chi connectivity index (χ2v) is 8.66. The normalized spacial score (nSPS) is 16.0. The average molecular weight is 417 g/mol. The summed E-state index contributed by atoms with van der Waals surface area (Å²) >= 11 is 0. The van der Waals surface area contributed by atoms with Gasteiger partial charge in [0.05, 0.1) is 12.2 Å². The molecule has 2 aliphatic rings. The van der Waals surface area contributed by atoms with E-state index < -0.39 is 0 Å². The second-order valence-electron chi connectivity index (χ2n) is 8.66. The topological polar surface area (TPSA) is 67.2 Å². The third kappa shape index (κ3) is 4.45. The van der Waals surface area contributed by atoms with Crippen LogP contribution in [-0.4, -0.2) is 50.5 Å². The number of rotatable bonds is 7. The van der Waals surface area contributed by atoms with Crippen LogP contribution in [0.1, 0.15) is 41.9 Å². The fourth-order valence-corrected chi connectivity index (χ4v) is 4.13. The minimum Gasteiger partial charge on any atom is -0.343 e. The van der Waals surface area contributed by atoms with E-state index in [-0.39, 0.29) is 5.91 Å². The number of hydrogen-bond acceptors (Lipinski definition) is 5. The van der Waals surface area contributed by atoms with E-state index in [0.29, 0.717) is 18.2 Å². The maximum Gasteiger partial charge on any atom is 0.270 e. The first-order valence-electron chi connectivity index (χ1n) is 11.1. The maximum absolute atomic E-state index is 13.3. The summed E-state index contributed by atoms with van der Waals surface area (Å²) in [4.78, 5) is 30.8. The lowest BCUT2D eigenvalue weighted by atomic mass is 10.2. The predicted octanol–water partition coefficient (Wildman–Crippen LogP) is 3.62. The van der Waals surface area contributed by atoms with Crippen LogP contribution in [0.2, 0.25) is 0 Å². The lowest BCUT2D eigenvalue weighted by Gasteiger charge is -2.18. The minimum atomic E-state index is 0.00663. The number of anilines is 1. The van der Waals surface area contributed by atoms with Crippen LogP contribution in [0, 0.1) is 5.92 Å². The SMILES string of the molecule is CN(Cc1ccccn1)C(=O)c1cc(-c2cnc(N3CCCC3)nc2)cn1CC1CC1. The van der Waals surface area contributed by atoms with E-state index in [9.17, 15) is 4.79 Å². The summed E-state index contributed by atoms with van der Waals surface area (Å²) in [5.74, 6) is 1.47. The minimum absolute atomic E-state index is 0.00663. The Labute approximate surface area is 182 Å². The molecule has 5 rings (SSSR count). The molecule has 0 N–H and O–H groups in total. The standard InChI is InChI=1S/C24H28N6O/c1-28(17-21-6-2-3-9-25-21)23(31)22-12-19(16-30(22)15-18-7-8-18)20-13-26-24(27-14-20)29-10-4-5-11-29/h2-3,6,9,12-14,16,18H,4-5,7-8,10-11,15,17H2,1H3. The number of aromatic nitrogens is 4. The van der Waals surface area contributed by atoms with E-state index in [2.05, 4.69) is 30.6 Å². The number of carbonyl (C=O) groups excluding carboxylic acids is 1. The van der Waals surface area contributed by atoms with Crippen LogP contribution in [0.3, 0.4) is 0 Å². The number of carbonyl (C=O) groups is 1. The van der Waals surface area contributed by atoms with Gasteiger partial charge in [0, 0.05) is 62.6 Å². The van der Waals surface area contributed by atoms with Gasteiger partial charge in [0.15, 0.2) is 0 Å². The van der Waals surface area contributed by atoms with Crippen LogP contribution in [0.25, 0.3) is 11.1 Å². The highest BCUT2D eigenvalue weighted by molar-refractivity contribution is 5.94. The monoisotopic (exact) mass is 416 g/mol. The molecule has 1 aliphatic heterocycles. The second kappa shape index (κ2) is 8.49. The molecule has 160 valence electrons. The van der Waals surface area contributed by atoms with Crippen molar-refractivity contribution in [3.63, 3.8) is 0 Å². The molecule has 7 nitrogen and oxygen atoms in total. The van der Waals surface area contributed by atoms with Gasteiger partial charge < -0.3 is 14.4 Å². The summed E-state index contributed by atoms with van der Waals surface area (Å²) < 4.78 is 2.11. The van der Waals surface area contributed by atoms with Gasteiger partial charge in [-0.2, -0.15) is 0 Å². The fraction of sp³-hybridized carbons (Fsp3) is 0.417. The number of nitrogens with zero attached hydrogens (tertiary/aromatic N) is 6. The molecule has 31 heavy (non-hydrogen) atoms. The van der Waals surface area contributed by atoms with Gasteiger partial charge in [-0.05, 0) is 49.8 Å². The van der Waals surface area contributed by atoms with E-state index in [0.717, 1.165) is 42.4 Å².